The van der Waals surface area contributed by atoms with Crippen molar-refractivity contribution in [2.45, 2.75) is 13.0 Å². The fourth-order valence-electron chi connectivity index (χ4n) is 3.12. The molecule has 0 radical (unpaired) electrons. The van der Waals surface area contributed by atoms with E-state index in [0.717, 1.165) is 10.8 Å². The van der Waals surface area contributed by atoms with E-state index < -0.39 is 23.3 Å². The van der Waals surface area contributed by atoms with Gasteiger partial charge in [-0.25, -0.2) is 0 Å². The first-order chi connectivity index (χ1) is 14.5. The van der Waals surface area contributed by atoms with Gasteiger partial charge in [-0.05, 0) is 42.0 Å². The predicted octanol–water partition coefficient (Wildman–Crippen LogP) is 2.91. The number of carbonyl (C=O) groups is 2. The zero-order chi connectivity index (χ0) is 21.1. The fraction of sp³-hybridized carbons (Fsp3) is 0.0870. The Hall–Kier alpha value is -4.13. The number of hydrogen-bond donors (Lipinski definition) is 3. The van der Waals surface area contributed by atoms with Crippen LogP contribution in [0, 0.1) is 0 Å². The molecule has 7 heteroatoms. The average molecular weight is 401 g/mol. The molecule has 0 fully saturated rings. The van der Waals surface area contributed by atoms with Crippen LogP contribution in [0.3, 0.4) is 0 Å². The van der Waals surface area contributed by atoms with Crippen LogP contribution in [0.1, 0.15) is 17.3 Å². The highest BCUT2D eigenvalue weighted by Crippen LogP contribution is 2.21. The number of aromatic amines is 1. The van der Waals surface area contributed by atoms with E-state index in [1.807, 2.05) is 36.4 Å². The van der Waals surface area contributed by atoms with Crippen LogP contribution in [0.25, 0.3) is 21.7 Å². The van der Waals surface area contributed by atoms with Crippen molar-refractivity contribution in [2.24, 2.45) is 0 Å². The third-order valence-electron chi connectivity index (χ3n) is 4.74. The van der Waals surface area contributed by atoms with Gasteiger partial charge in [0.05, 0.1) is 0 Å². The summed E-state index contributed by atoms with van der Waals surface area (Å²) >= 11 is 0. The number of pyridine rings is 1. The van der Waals surface area contributed by atoms with Crippen molar-refractivity contribution in [3.8, 4) is 5.75 Å². The number of rotatable bonds is 4. The summed E-state index contributed by atoms with van der Waals surface area (Å²) in [7, 11) is 0. The monoisotopic (exact) mass is 401 g/mol. The highest BCUT2D eigenvalue weighted by molar-refractivity contribution is 5.98. The Kier molecular flexibility index (Phi) is 5.17. The second-order valence-electron chi connectivity index (χ2n) is 6.79. The maximum atomic E-state index is 12.5. The van der Waals surface area contributed by atoms with Gasteiger partial charge in [0.15, 0.2) is 6.10 Å². The summed E-state index contributed by atoms with van der Waals surface area (Å²) in [6.45, 7) is 1.57. The molecule has 0 aliphatic carbocycles. The molecule has 0 aliphatic rings. The zero-order valence-corrected chi connectivity index (χ0v) is 16.1. The van der Waals surface area contributed by atoms with Gasteiger partial charge in [-0.1, -0.05) is 42.5 Å². The maximum Gasteiger partial charge on any atom is 0.279 e. The number of hydrazine groups is 1. The van der Waals surface area contributed by atoms with Crippen LogP contribution >= 0.6 is 0 Å². The Balaban J connectivity index is 1.40. The van der Waals surface area contributed by atoms with Crippen LogP contribution in [-0.2, 0) is 4.79 Å². The molecule has 0 spiro atoms. The number of nitrogens with one attached hydrogen (secondary N) is 3. The van der Waals surface area contributed by atoms with Crippen molar-refractivity contribution in [3.05, 3.63) is 88.7 Å². The largest absolute Gasteiger partial charge is 0.481 e. The molecule has 4 rings (SSSR count). The van der Waals surface area contributed by atoms with E-state index in [1.165, 1.54) is 6.20 Å². The van der Waals surface area contributed by atoms with Crippen LogP contribution < -0.4 is 21.0 Å². The van der Waals surface area contributed by atoms with Crippen LogP contribution in [0.5, 0.6) is 5.75 Å². The van der Waals surface area contributed by atoms with Gasteiger partial charge in [0.2, 0.25) is 5.43 Å². The lowest BCUT2D eigenvalue weighted by atomic mass is 10.1. The van der Waals surface area contributed by atoms with Gasteiger partial charge in [0.1, 0.15) is 11.3 Å². The molecule has 3 aromatic carbocycles. The molecular weight excluding hydrogens is 382 g/mol. The van der Waals surface area contributed by atoms with E-state index in [4.69, 9.17) is 4.74 Å². The Morgan fingerprint density at radius 3 is 2.50 bits per heavy atom. The van der Waals surface area contributed by atoms with Gasteiger partial charge in [0, 0.05) is 17.1 Å². The highest BCUT2D eigenvalue weighted by Gasteiger charge is 2.18. The first kappa shape index (κ1) is 19.2. The number of H-pyrrole nitrogens is 1. The van der Waals surface area contributed by atoms with E-state index in [1.54, 1.807) is 37.3 Å². The molecule has 0 saturated carbocycles. The quantitative estimate of drug-likeness (QED) is 0.458. The summed E-state index contributed by atoms with van der Waals surface area (Å²) < 4.78 is 5.67. The van der Waals surface area contributed by atoms with E-state index in [9.17, 15) is 14.4 Å². The number of carbonyl (C=O) groups excluding carboxylic acids is 2. The summed E-state index contributed by atoms with van der Waals surface area (Å²) in [6.07, 6.45) is 0.461. The van der Waals surface area contributed by atoms with Crippen LogP contribution in [0.15, 0.2) is 77.7 Å². The number of benzene rings is 3. The Morgan fingerprint density at radius 1 is 0.933 bits per heavy atom. The van der Waals surface area contributed by atoms with Crippen molar-refractivity contribution in [2.75, 3.05) is 0 Å². The zero-order valence-electron chi connectivity index (χ0n) is 16.1. The Bertz CT molecular complexity index is 1310. The highest BCUT2D eigenvalue weighted by atomic mass is 16.5. The number of ether oxygens (including phenoxy) is 1. The molecule has 0 saturated heterocycles. The first-order valence-corrected chi connectivity index (χ1v) is 9.39. The second-order valence-corrected chi connectivity index (χ2v) is 6.79. The average Bonchev–Trinajstić information content (AvgIpc) is 2.77. The minimum Gasteiger partial charge on any atom is -0.481 e. The lowest BCUT2D eigenvalue weighted by molar-refractivity contribution is -0.128. The minimum atomic E-state index is -0.860. The first-order valence-electron chi connectivity index (χ1n) is 9.39. The van der Waals surface area contributed by atoms with Gasteiger partial charge in [-0.3, -0.25) is 25.2 Å². The molecule has 1 heterocycles. The molecule has 4 aromatic rings. The van der Waals surface area contributed by atoms with Gasteiger partial charge >= 0.3 is 0 Å². The molecule has 30 heavy (non-hydrogen) atoms. The molecule has 0 aliphatic heterocycles. The Morgan fingerprint density at radius 2 is 1.67 bits per heavy atom. The minimum absolute atomic E-state index is 0.0999. The molecule has 2 amide bonds. The summed E-state index contributed by atoms with van der Waals surface area (Å²) in [5.41, 5.74) is 4.66. The van der Waals surface area contributed by atoms with Crippen LogP contribution in [0.2, 0.25) is 0 Å². The second kappa shape index (κ2) is 8.08. The number of fused-ring (bicyclic) bond motifs is 2. The summed E-state index contributed by atoms with van der Waals surface area (Å²) in [4.78, 5) is 40.0. The SMILES string of the molecule is CC(Oc1ccc2ccccc2c1)C(=O)NNC(=O)c1c[nH]c2ccccc2c1=O. The fourth-order valence-corrected chi connectivity index (χ4v) is 3.12. The molecule has 7 nitrogen and oxygen atoms in total. The molecule has 1 aromatic heterocycles. The van der Waals surface area contributed by atoms with E-state index in [-0.39, 0.29) is 5.56 Å². The standard InChI is InChI=1S/C23H19N3O4/c1-14(30-17-11-10-15-6-2-3-7-16(15)12-17)22(28)25-26-23(29)19-13-24-20-9-5-4-8-18(20)21(19)27/h2-14H,1H3,(H,24,27)(H,25,28)(H,26,29). The summed E-state index contributed by atoms with van der Waals surface area (Å²) in [6, 6.07) is 20.2. The van der Waals surface area contributed by atoms with Crippen molar-refractivity contribution < 1.29 is 14.3 Å². The molecule has 3 N–H and O–H groups in total. The lowest BCUT2D eigenvalue weighted by Gasteiger charge is -2.15. The van der Waals surface area contributed by atoms with Crippen LogP contribution in [0.4, 0.5) is 0 Å². The van der Waals surface area contributed by atoms with Crippen molar-refractivity contribution in [1.82, 2.24) is 15.8 Å². The summed E-state index contributed by atoms with van der Waals surface area (Å²) in [5, 5.41) is 2.45. The van der Waals surface area contributed by atoms with Crippen LogP contribution in [-0.4, -0.2) is 22.9 Å². The third-order valence-corrected chi connectivity index (χ3v) is 4.74. The van der Waals surface area contributed by atoms with Gasteiger partial charge in [-0.2, -0.15) is 0 Å². The van der Waals surface area contributed by atoms with Crippen molar-refractivity contribution >= 4 is 33.5 Å². The smallest absolute Gasteiger partial charge is 0.279 e. The number of hydrogen-bond acceptors (Lipinski definition) is 4. The topological polar surface area (TPSA) is 100 Å². The normalized spacial score (nSPS) is 11.8. The molecule has 0 bridgehead atoms. The number of amides is 2. The molecular formula is C23H19N3O4. The van der Waals surface area contributed by atoms with Gasteiger partial charge < -0.3 is 9.72 Å². The number of aromatic nitrogens is 1. The van der Waals surface area contributed by atoms with Gasteiger partial charge in [-0.15, -0.1) is 0 Å². The molecule has 1 unspecified atom stereocenters. The summed E-state index contributed by atoms with van der Waals surface area (Å²) in [5.74, 6) is -0.726. The lowest BCUT2D eigenvalue weighted by Crippen LogP contribution is -2.48. The third kappa shape index (κ3) is 3.86. The number of para-hydroxylation sites is 1. The molecule has 150 valence electrons. The van der Waals surface area contributed by atoms with E-state index >= 15 is 0 Å². The predicted molar refractivity (Wildman–Crippen MR) is 114 cm³/mol. The van der Waals surface area contributed by atoms with E-state index in [2.05, 4.69) is 15.8 Å². The van der Waals surface area contributed by atoms with Crippen molar-refractivity contribution in [1.29, 1.82) is 0 Å². The Labute approximate surface area is 171 Å². The van der Waals surface area contributed by atoms with Gasteiger partial charge in [0.25, 0.3) is 11.8 Å². The maximum absolute atomic E-state index is 12.5. The molecule has 1 atom stereocenters. The van der Waals surface area contributed by atoms with E-state index in [0.29, 0.717) is 16.7 Å². The van der Waals surface area contributed by atoms with Crippen molar-refractivity contribution in [3.63, 3.8) is 0 Å².